The van der Waals surface area contributed by atoms with Crippen LogP contribution in [-0.4, -0.2) is 29.1 Å². The largest absolute Gasteiger partial charge is 0.336 e. The van der Waals surface area contributed by atoms with Crippen molar-refractivity contribution >= 4 is 16.9 Å². The van der Waals surface area contributed by atoms with E-state index in [0.29, 0.717) is 17.2 Å². The van der Waals surface area contributed by atoms with Crippen LogP contribution in [0, 0.1) is 0 Å². The molecule has 0 amide bonds. The van der Waals surface area contributed by atoms with Crippen molar-refractivity contribution in [2.24, 2.45) is 0 Å². The third-order valence-corrected chi connectivity index (χ3v) is 4.90. The molecule has 1 N–H and O–H groups in total. The van der Waals surface area contributed by atoms with E-state index in [1.807, 2.05) is 4.57 Å². The molecule has 1 fully saturated rings. The Morgan fingerprint density at radius 1 is 1.17 bits per heavy atom. The third-order valence-electron chi connectivity index (χ3n) is 4.90. The average molecular weight is 328 g/mol. The molecule has 0 unspecified atom stereocenters. The van der Waals surface area contributed by atoms with Crippen LogP contribution >= 0.6 is 0 Å². The Morgan fingerprint density at radius 3 is 2.67 bits per heavy atom. The fraction of sp³-hybridized carbons (Fsp3) is 0.647. The summed E-state index contributed by atoms with van der Waals surface area (Å²) in [7, 11) is 0. The molecule has 1 aliphatic rings. The summed E-state index contributed by atoms with van der Waals surface area (Å²) in [5, 5.41) is 4.43. The van der Waals surface area contributed by atoms with Crippen molar-refractivity contribution in [3.63, 3.8) is 0 Å². The van der Waals surface area contributed by atoms with Gasteiger partial charge in [-0.15, -0.1) is 5.10 Å². The summed E-state index contributed by atoms with van der Waals surface area (Å²) in [6.45, 7) is 4.98. The number of imidazole rings is 1. The van der Waals surface area contributed by atoms with Gasteiger partial charge in [0, 0.05) is 18.9 Å². The lowest BCUT2D eigenvalue weighted by Gasteiger charge is -2.06. The van der Waals surface area contributed by atoms with Gasteiger partial charge in [-0.2, -0.15) is 9.50 Å². The van der Waals surface area contributed by atoms with Gasteiger partial charge in [-0.05, 0) is 25.7 Å². The minimum absolute atomic E-state index is 0.140. The Balaban J connectivity index is 1.96. The maximum Gasteiger partial charge on any atom is 0.301 e. The second-order valence-corrected chi connectivity index (χ2v) is 6.75. The number of rotatable bonds is 5. The molecule has 0 radical (unpaired) electrons. The van der Waals surface area contributed by atoms with Gasteiger partial charge in [-0.3, -0.25) is 9.36 Å². The second-order valence-electron chi connectivity index (χ2n) is 6.75. The predicted octanol–water partition coefficient (Wildman–Crippen LogP) is 2.79. The van der Waals surface area contributed by atoms with Gasteiger partial charge >= 0.3 is 5.56 Å². The molecule has 4 rings (SSSR count). The van der Waals surface area contributed by atoms with Gasteiger partial charge in [0.05, 0.1) is 0 Å². The molecule has 0 atom stereocenters. The van der Waals surface area contributed by atoms with Crippen LogP contribution in [0.25, 0.3) is 16.9 Å². The predicted molar refractivity (Wildman–Crippen MR) is 92.4 cm³/mol. The summed E-state index contributed by atoms with van der Waals surface area (Å²) in [5.41, 5.74) is 1.15. The van der Waals surface area contributed by atoms with Gasteiger partial charge in [-0.1, -0.05) is 26.7 Å². The van der Waals surface area contributed by atoms with Crippen LogP contribution in [0.1, 0.15) is 69.9 Å². The minimum atomic E-state index is -0.140. The van der Waals surface area contributed by atoms with E-state index in [0.717, 1.165) is 55.9 Å². The lowest BCUT2D eigenvalue weighted by Crippen LogP contribution is -2.20. The normalized spacial score (nSPS) is 15.9. The third kappa shape index (κ3) is 2.34. The van der Waals surface area contributed by atoms with Crippen molar-refractivity contribution < 1.29 is 0 Å². The fourth-order valence-corrected chi connectivity index (χ4v) is 3.73. The molecular weight excluding hydrogens is 304 g/mol. The zero-order valence-corrected chi connectivity index (χ0v) is 14.4. The maximum absolute atomic E-state index is 12.9. The first-order chi connectivity index (χ1) is 11.7. The average Bonchev–Trinajstić information content (AvgIpc) is 3.29. The summed E-state index contributed by atoms with van der Waals surface area (Å²) >= 11 is 0. The molecule has 0 saturated heterocycles. The highest BCUT2D eigenvalue weighted by Crippen LogP contribution is 2.33. The van der Waals surface area contributed by atoms with Crippen LogP contribution in [0.4, 0.5) is 0 Å². The van der Waals surface area contributed by atoms with Crippen LogP contribution in [0.5, 0.6) is 0 Å². The van der Waals surface area contributed by atoms with E-state index < -0.39 is 0 Å². The van der Waals surface area contributed by atoms with Crippen molar-refractivity contribution in [3.8, 4) is 0 Å². The zero-order valence-electron chi connectivity index (χ0n) is 14.4. The summed E-state index contributed by atoms with van der Waals surface area (Å²) in [6, 6.07) is 0. The number of fused-ring (bicyclic) bond motifs is 2. The Morgan fingerprint density at radius 2 is 1.96 bits per heavy atom. The molecule has 3 heterocycles. The quantitative estimate of drug-likeness (QED) is 0.781. The van der Waals surface area contributed by atoms with Crippen LogP contribution in [0.2, 0.25) is 0 Å². The standard InChI is InChI=1S/C17H24N6O/c1-3-7-12-18-17-22(10-4-2)15-13(16(24)23(17)21-12)19-14(20-15)11-8-5-6-9-11/h11H,3-10H2,1-2H3,(H,19,20). The molecule has 0 bridgehead atoms. The van der Waals surface area contributed by atoms with Crippen molar-refractivity contribution in [2.75, 3.05) is 0 Å². The summed E-state index contributed by atoms with van der Waals surface area (Å²) in [5.74, 6) is 2.74. The van der Waals surface area contributed by atoms with Gasteiger partial charge in [0.25, 0.3) is 0 Å². The molecule has 0 aromatic carbocycles. The van der Waals surface area contributed by atoms with Gasteiger partial charge in [-0.25, -0.2) is 4.98 Å². The molecule has 1 aliphatic carbocycles. The molecule has 3 aromatic rings. The number of hydrogen-bond donors (Lipinski definition) is 1. The minimum Gasteiger partial charge on any atom is -0.336 e. The van der Waals surface area contributed by atoms with Crippen molar-refractivity contribution in [1.29, 1.82) is 0 Å². The van der Waals surface area contributed by atoms with Crippen molar-refractivity contribution in [2.45, 2.75) is 71.3 Å². The van der Waals surface area contributed by atoms with E-state index in [-0.39, 0.29) is 5.56 Å². The zero-order chi connectivity index (χ0) is 16.7. The molecule has 0 spiro atoms. The molecule has 7 heteroatoms. The lowest BCUT2D eigenvalue weighted by molar-refractivity contribution is 0.670. The smallest absolute Gasteiger partial charge is 0.301 e. The van der Waals surface area contributed by atoms with E-state index in [2.05, 4.69) is 28.9 Å². The van der Waals surface area contributed by atoms with E-state index >= 15 is 0 Å². The molecular formula is C17H24N6O. The van der Waals surface area contributed by atoms with Gasteiger partial charge in [0.15, 0.2) is 17.0 Å². The maximum atomic E-state index is 12.9. The molecule has 3 aromatic heterocycles. The monoisotopic (exact) mass is 328 g/mol. The highest BCUT2D eigenvalue weighted by molar-refractivity contribution is 5.72. The Bertz CT molecular complexity index is 928. The van der Waals surface area contributed by atoms with Gasteiger partial charge < -0.3 is 4.98 Å². The first-order valence-corrected chi connectivity index (χ1v) is 9.11. The van der Waals surface area contributed by atoms with E-state index in [4.69, 9.17) is 4.98 Å². The fourth-order valence-electron chi connectivity index (χ4n) is 3.73. The van der Waals surface area contributed by atoms with E-state index in [1.165, 1.54) is 17.4 Å². The highest BCUT2D eigenvalue weighted by Gasteiger charge is 2.24. The molecule has 7 nitrogen and oxygen atoms in total. The number of nitrogens with one attached hydrogen (secondary N) is 1. The van der Waals surface area contributed by atoms with Crippen LogP contribution in [-0.2, 0) is 13.0 Å². The van der Waals surface area contributed by atoms with Crippen LogP contribution < -0.4 is 5.56 Å². The number of aromatic nitrogens is 6. The number of aryl methyl sites for hydroxylation is 2. The highest BCUT2D eigenvalue weighted by atomic mass is 16.1. The van der Waals surface area contributed by atoms with Crippen LogP contribution in [0.3, 0.4) is 0 Å². The van der Waals surface area contributed by atoms with Crippen molar-refractivity contribution in [1.82, 2.24) is 29.1 Å². The molecule has 1 saturated carbocycles. The van der Waals surface area contributed by atoms with Gasteiger partial charge in [0.2, 0.25) is 5.78 Å². The first-order valence-electron chi connectivity index (χ1n) is 9.11. The number of aromatic amines is 1. The molecule has 24 heavy (non-hydrogen) atoms. The molecule has 128 valence electrons. The van der Waals surface area contributed by atoms with E-state index in [1.54, 1.807) is 0 Å². The Hall–Kier alpha value is -2.18. The van der Waals surface area contributed by atoms with Crippen molar-refractivity contribution in [3.05, 3.63) is 22.0 Å². The Labute approximate surface area is 140 Å². The van der Waals surface area contributed by atoms with Crippen LogP contribution in [0.15, 0.2) is 4.79 Å². The number of H-pyrrole nitrogens is 1. The lowest BCUT2D eigenvalue weighted by atomic mass is 10.1. The summed E-state index contributed by atoms with van der Waals surface area (Å²) < 4.78 is 3.48. The second kappa shape index (κ2) is 6.03. The summed E-state index contributed by atoms with van der Waals surface area (Å²) in [4.78, 5) is 25.6. The number of nitrogens with zero attached hydrogens (tertiary/aromatic N) is 5. The van der Waals surface area contributed by atoms with E-state index in [9.17, 15) is 4.79 Å². The SMILES string of the molecule is CCCc1nc2n(CCC)c3nc(C4CCCC4)[nH]c3c(=O)n2n1. The first kappa shape index (κ1) is 15.4. The summed E-state index contributed by atoms with van der Waals surface area (Å²) in [6.07, 6.45) is 7.48. The number of hydrogen-bond acceptors (Lipinski definition) is 4. The topological polar surface area (TPSA) is 80.9 Å². The molecule has 0 aliphatic heterocycles. The Kier molecular flexibility index (Phi) is 3.86. The van der Waals surface area contributed by atoms with Gasteiger partial charge in [0.1, 0.15) is 5.82 Å².